The van der Waals surface area contributed by atoms with Crippen LogP contribution in [0, 0.1) is 0 Å². The van der Waals surface area contributed by atoms with E-state index in [1.165, 1.54) is 10.6 Å². The molecule has 1 saturated heterocycles. The summed E-state index contributed by atoms with van der Waals surface area (Å²) in [6, 6.07) is 0. The number of hydrogen-bond acceptors (Lipinski definition) is 5. The van der Waals surface area contributed by atoms with Crippen molar-refractivity contribution in [3.63, 3.8) is 0 Å². The Morgan fingerprint density at radius 2 is 1.90 bits per heavy atom. The van der Waals surface area contributed by atoms with Gasteiger partial charge in [0.15, 0.2) is 5.03 Å². The average molecular weight is 316 g/mol. The molecule has 0 aliphatic carbocycles. The number of β-amino-alcohol motifs (C(OH)–C–C–N with tert-alkyl or cyclic N) is 1. The largest absolute Gasteiger partial charge is 0.389 e. The first-order valence-corrected chi connectivity index (χ1v) is 8.63. The van der Waals surface area contributed by atoms with Crippen LogP contribution in [0.4, 0.5) is 0 Å². The van der Waals surface area contributed by atoms with Crippen molar-refractivity contribution in [1.82, 2.24) is 18.8 Å². The number of aryl methyl sites for hydroxylation is 1. The summed E-state index contributed by atoms with van der Waals surface area (Å²) in [5, 5.41) is 9.93. The topological polar surface area (TPSA) is 78.7 Å². The predicted molar refractivity (Wildman–Crippen MR) is 79.4 cm³/mol. The van der Waals surface area contributed by atoms with Crippen LogP contribution in [0.25, 0.3) is 0 Å². The van der Waals surface area contributed by atoms with Gasteiger partial charge < -0.3 is 9.67 Å². The van der Waals surface area contributed by atoms with Gasteiger partial charge in [-0.1, -0.05) is 0 Å². The molecule has 7 nitrogen and oxygen atoms in total. The zero-order valence-electron chi connectivity index (χ0n) is 12.9. The number of hydrogen-bond donors (Lipinski definition) is 1. The molecule has 1 aromatic rings. The van der Waals surface area contributed by atoms with Gasteiger partial charge in [0.1, 0.15) is 0 Å². The monoisotopic (exact) mass is 316 g/mol. The van der Waals surface area contributed by atoms with Crippen LogP contribution in [-0.4, -0.2) is 70.6 Å². The van der Waals surface area contributed by atoms with Crippen molar-refractivity contribution in [2.24, 2.45) is 0 Å². The third-order valence-electron chi connectivity index (χ3n) is 3.52. The van der Waals surface area contributed by atoms with Gasteiger partial charge in [-0.25, -0.2) is 13.4 Å². The maximum Gasteiger partial charge on any atom is 0.262 e. The van der Waals surface area contributed by atoms with Crippen LogP contribution in [0.2, 0.25) is 0 Å². The summed E-state index contributed by atoms with van der Waals surface area (Å²) < 4.78 is 28.2. The summed E-state index contributed by atoms with van der Waals surface area (Å²) in [5.41, 5.74) is -0.763. The molecule has 1 N–H and O–H groups in total. The van der Waals surface area contributed by atoms with Crippen molar-refractivity contribution in [1.29, 1.82) is 0 Å². The van der Waals surface area contributed by atoms with Crippen LogP contribution in [0.1, 0.15) is 20.8 Å². The molecule has 1 aromatic heterocycles. The molecule has 0 unspecified atom stereocenters. The van der Waals surface area contributed by atoms with Crippen molar-refractivity contribution >= 4 is 10.0 Å². The lowest BCUT2D eigenvalue weighted by Gasteiger charge is -2.36. The molecule has 1 fully saturated rings. The first kappa shape index (κ1) is 16.4. The Morgan fingerprint density at radius 3 is 2.38 bits per heavy atom. The second-order valence-corrected chi connectivity index (χ2v) is 7.92. The maximum atomic E-state index is 12.5. The number of piperazine rings is 1. The second kappa shape index (κ2) is 6.04. The lowest BCUT2D eigenvalue weighted by molar-refractivity contribution is 0.0263. The fraction of sp³-hybridized carbons (Fsp3) is 0.769. The Kier molecular flexibility index (Phi) is 4.72. The highest BCUT2D eigenvalue weighted by Gasteiger charge is 2.31. The lowest BCUT2D eigenvalue weighted by Crippen LogP contribution is -2.51. The fourth-order valence-corrected chi connectivity index (χ4v) is 3.81. The van der Waals surface area contributed by atoms with Crippen molar-refractivity contribution in [2.75, 3.05) is 32.7 Å². The molecule has 1 aliphatic rings. The Hall–Kier alpha value is -0.960. The van der Waals surface area contributed by atoms with Gasteiger partial charge in [-0.2, -0.15) is 4.31 Å². The van der Waals surface area contributed by atoms with E-state index in [9.17, 15) is 13.5 Å². The van der Waals surface area contributed by atoms with Crippen LogP contribution < -0.4 is 0 Å². The standard InChI is InChI=1S/C13H24N4O3S/c1-4-15-9-12(14-11-15)21(19,20)17-7-5-16(6-8-17)10-13(2,3)18/h9,11,18H,4-8,10H2,1-3H3. The second-order valence-electron chi connectivity index (χ2n) is 6.04. The molecule has 120 valence electrons. The Balaban J connectivity index is 2.01. The smallest absolute Gasteiger partial charge is 0.262 e. The Morgan fingerprint density at radius 1 is 1.29 bits per heavy atom. The first-order chi connectivity index (χ1) is 9.72. The lowest BCUT2D eigenvalue weighted by atomic mass is 10.1. The average Bonchev–Trinajstić information content (AvgIpc) is 2.87. The van der Waals surface area contributed by atoms with Gasteiger partial charge in [0.25, 0.3) is 10.0 Å². The van der Waals surface area contributed by atoms with E-state index in [2.05, 4.69) is 9.88 Å². The van der Waals surface area contributed by atoms with Gasteiger partial charge in [-0.3, -0.25) is 4.90 Å². The van der Waals surface area contributed by atoms with Gasteiger partial charge in [-0.15, -0.1) is 0 Å². The van der Waals surface area contributed by atoms with E-state index in [0.717, 1.165) is 0 Å². The fourth-order valence-electron chi connectivity index (χ4n) is 2.45. The zero-order chi connectivity index (χ0) is 15.7. The number of aliphatic hydroxyl groups is 1. The van der Waals surface area contributed by atoms with Crippen molar-refractivity contribution in [3.8, 4) is 0 Å². The third kappa shape index (κ3) is 4.03. The van der Waals surface area contributed by atoms with Crippen LogP contribution >= 0.6 is 0 Å². The molecule has 0 amide bonds. The van der Waals surface area contributed by atoms with Gasteiger partial charge >= 0.3 is 0 Å². The highest BCUT2D eigenvalue weighted by Crippen LogP contribution is 2.17. The quantitative estimate of drug-likeness (QED) is 0.826. The van der Waals surface area contributed by atoms with E-state index in [0.29, 0.717) is 39.3 Å². The summed E-state index contributed by atoms with van der Waals surface area (Å²) in [6.07, 6.45) is 3.11. The number of sulfonamides is 1. The predicted octanol–water partition coefficient (Wildman–Crippen LogP) is -0.0198. The normalized spacial score (nSPS) is 19.0. The van der Waals surface area contributed by atoms with Crippen LogP contribution in [0.3, 0.4) is 0 Å². The minimum absolute atomic E-state index is 0.111. The molecule has 0 aromatic carbocycles. The van der Waals surface area contributed by atoms with Crippen molar-refractivity contribution in [3.05, 3.63) is 12.5 Å². The number of imidazole rings is 1. The van der Waals surface area contributed by atoms with E-state index >= 15 is 0 Å². The Labute approximate surface area is 126 Å². The summed E-state index contributed by atoms with van der Waals surface area (Å²) in [4.78, 5) is 6.07. The molecule has 0 saturated carbocycles. The van der Waals surface area contributed by atoms with E-state index in [4.69, 9.17) is 0 Å². The van der Waals surface area contributed by atoms with Gasteiger partial charge in [-0.05, 0) is 20.8 Å². The van der Waals surface area contributed by atoms with Crippen LogP contribution in [0.5, 0.6) is 0 Å². The summed E-state index contributed by atoms with van der Waals surface area (Å²) in [7, 11) is -3.51. The SMILES string of the molecule is CCn1cnc(S(=O)(=O)N2CCN(CC(C)(C)O)CC2)c1. The van der Waals surface area contributed by atoms with Crippen molar-refractivity contribution in [2.45, 2.75) is 37.9 Å². The van der Waals surface area contributed by atoms with E-state index < -0.39 is 15.6 Å². The number of aromatic nitrogens is 2. The molecule has 2 rings (SSSR count). The summed E-state index contributed by atoms with van der Waals surface area (Å²) in [5.74, 6) is 0. The summed E-state index contributed by atoms with van der Waals surface area (Å²) >= 11 is 0. The maximum absolute atomic E-state index is 12.5. The third-order valence-corrected chi connectivity index (χ3v) is 5.31. The molecule has 21 heavy (non-hydrogen) atoms. The van der Waals surface area contributed by atoms with Crippen LogP contribution in [0.15, 0.2) is 17.6 Å². The Bertz CT molecular complexity index is 568. The molecule has 0 spiro atoms. The minimum atomic E-state index is -3.51. The molecule has 0 radical (unpaired) electrons. The van der Waals surface area contributed by atoms with Crippen LogP contribution in [-0.2, 0) is 16.6 Å². The van der Waals surface area contributed by atoms with Gasteiger partial charge in [0.05, 0.1) is 11.9 Å². The molecular formula is C13H24N4O3S. The van der Waals surface area contributed by atoms with E-state index in [1.807, 2.05) is 6.92 Å². The highest BCUT2D eigenvalue weighted by molar-refractivity contribution is 7.89. The zero-order valence-corrected chi connectivity index (χ0v) is 13.7. The molecule has 8 heteroatoms. The van der Waals surface area contributed by atoms with E-state index in [1.54, 1.807) is 24.6 Å². The molecule has 0 atom stereocenters. The molecular weight excluding hydrogens is 292 g/mol. The molecule has 2 heterocycles. The van der Waals surface area contributed by atoms with E-state index in [-0.39, 0.29) is 5.03 Å². The summed E-state index contributed by atoms with van der Waals surface area (Å²) in [6.45, 7) is 8.80. The highest BCUT2D eigenvalue weighted by atomic mass is 32.2. The van der Waals surface area contributed by atoms with Gasteiger partial charge in [0.2, 0.25) is 0 Å². The first-order valence-electron chi connectivity index (χ1n) is 7.19. The van der Waals surface area contributed by atoms with Gasteiger partial charge in [0, 0.05) is 45.5 Å². The molecule has 1 aliphatic heterocycles. The van der Waals surface area contributed by atoms with Crippen molar-refractivity contribution < 1.29 is 13.5 Å². The number of nitrogens with zero attached hydrogens (tertiary/aromatic N) is 4. The minimum Gasteiger partial charge on any atom is -0.389 e. The number of rotatable bonds is 5. The molecule has 0 bridgehead atoms.